The van der Waals surface area contributed by atoms with Crippen molar-refractivity contribution in [3.05, 3.63) is 54.2 Å². The summed E-state index contributed by atoms with van der Waals surface area (Å²) >= 11 is 0. The monoisotopic (exact) mass is 326 g/mol. The van der Waals surface area contributed by atoms with E-state index in [0.717, 1.165) is 5.69 Å². The van der Waals surface area contributed by atoms with Crippen LogP contribution >= 0.6 is 0 Å². The minimum Gasteiger partial charge on any atom is -0.367 e. The zero-order chi connectivity index (χ0) is 16.5. The zero-order valence-corrected chi connectivity index (χ0v) is 12.8. The van der Waals surface area contributed by atoms with Crippen molar-refractivity contribution in [1.29, 1.82) is 0 Å². The molecule has 1 saturated heterocycles. The van der Waals surface area contributed by atoms with E-state index in [2.05, 4.69) is 20.2 Å². The quantitative estimate of drug-likeness (QED) is 0.708. The van der Waals surface area contributed by atoms with Gasteiger partial charge in [0.05, 0.1) is 11.9 Å². The van der Waals surface area contributed by atoms with Crippen molar-refractivity contribution in [2.75, 3.05) is 31.1 Å². The maximum atomic E-state index is 13.0. The molecule has 0 unspecified atom stereocenters. The fourth-order valence-electron chi connectivity index (χ4n) is 2.83. The lowest BCUT2D eigenvalue weighted by Gasteiger charge is -2.35. The highest BCUT2D eigenvalue weighted by atomic mass is 19.1. The molecule has 0 N–H and O–H groups in total. The van der Waals surface area contributed by atoms with Gasteiger partial charge in [-0.2, -0.15) is 5.10 Å². The lowest BCUT2D eigenvalue weighted by molar-refractivity contribution is 0.0746. The summed E-state index contributed by atoms with van der Waals surface area (Å²) in [4.78, 5) is 16.4. The molecule has 1 aliphatic heterocycles. The van der Waals surface area contributed by atoms with E-state index in [0.29, 0.717) is 37.4 Å². The van der Waals surface area contributed by atoms with Crippen LogP contribution in [0.3, 0.4) is 0 Å². The van der Waals surface area contributed by atoms with Gasteiger partial charge in [0.25, 0.3) is 5.91 Å². The second-order valence-electron chi connectivity index (χ2n) is 5.63. The van der Waals surface area contributed by atoms with Crippen LogP contribution in [-0.2, 0) is 0 Å². The molecule has 1 aliphatic rings. The van der Waals surface area contributed by atoms with Crippen molar-refractivity contribution in [3.63, 3.8) is 0 Å². The van der Waals surface area contributed by atoms with E-state index in [4.69, 9.17) is 0 Å². The number of halogens is 1. The van der Waals surface area contributed by atoms with Gasteiger partial charge >= 0.3 is 0 Å². The van der Waals surface area contributed by atoms with Gasteiger partial charge in [-0.25, -0.2) is 8.91 Å². The largest absolute Gasteiger partial charge is 0.367 e. The van der Waals surface area contributed by atoms with Gasteiger partial charge in [0.2, 0.25) is 0 Å². The Kier molecular flexibility index (Phi) is 3.56. The molecule has 7 nitrogen and oxygen atoms in total. The van der Waals surface area contributed by atoms with Gasteiger partial charge in [0, 0.05) is 37.8 Å². The number of carbonyl (C=O) groups is 1. The molecule has 2 aromatic heterocycles. The Morgan fingerprint density at radius 2 is 1.83 bits per heavy atom. The van der Waals surface area contributed by atoms with E-state index >= 15 is 0 Å². The smallest absolute Gasteiger partial charge is 0.253 e. The third kappa shape index (κ3) is 2.66. The molecule has 3 aromatic rings. The predicted molar refractivity (Wildman–Crippen MR) is 85.3 cm³/mol. The molecule has 3 heterocycles. The average Bonchev–Trinajstić information content (AvgIpc) is 3.09. The van der Waals surface area contributed by atoms with Crippen LogP contribution in [0.5, 0.6) is 0 Å². The highest BCUT2D eigenvalue weighted by Gasteiger charge is 2.22. The third-order valence-electron chi connectivity index (χ3n) is 4.17. The van der Waals surface area contributed by atoms with Gasteiger partial charge in [-0.3, -0.25) is 4.79 Å². The molecule has 0 radical (unpaired) electrons. The van der Waals surface area contributed by atoms with Crippen LogP contribution in [0.4, 0.5) is 10.1 Å². The van der Waals surface area contributed by atoms with Crippen LogP contribution in [0.2, 0.25) is 0 Å². The van der Waals surface area contributed by atoms with Crippen LogP contribution in [0, 0.1) is 5.82 Å². The minimum atomic E-state index is -0.340. The van der Waals surface area contributed by atoms with Gasteiger partial charge < -0.3 is 9.80 Å². The van der Waals surface area contributed by atoms with Gasteiger partial charge in [0.1, 0.15) is 12.1 Å². The Labute approximate surface area is 137 Å². The first-order valence-corrected chi connectivity index (χ1v) is 7.66. The Hall–Kier alpha value is -3.03. The minimum absolute atomic E-state index is 0.0688. The molecule has 1 fully saturated rings. The number of hydrogen-bond acceptors (Lipinski definition) is 5. The molecule has 0 aliphatic carbocycles. The lowest BCUT2D eigenvalue weighted by Crippen LogP contribution is -2.48. The Balaban J connectivity index is 1.44. The number of rotatable bonds is 2. The molecule has 0 atom stereocenters. The number of carbonyl (C=O) groups excluding carboxylic acids is 1. The number of amides is 1. The number of aromatic nitrogens is 4. The molecule has 1 amide bonds. The average molecular weight is 326 g/mol. The normalized spacial score (nSPS) is 15.0. The summed E-state index contributed by atoms with van der Waals surface area (Å²) in [6, 6.07) is 7.59. The topological polar surface area (TPSA) is 66.6 Å². The highest BCUT2D eigenvalue weighted by molar-refractivity contribution is 5.94. The summed E-state index contributed by atoms with van der Waals surface area (Å²) < 4.78 is 14.6. The Morgan fingerprint density at radius 1 is 1.08 bits per heavy atom. The molecular formula is C16H15FN6O. The summed E-state index contributed by atoms with van der Waals surface area (Å²) in [5, 5.41) is 12.1. The van der Waals surface area contributed by atoms with Crippen molar-refractivity contribution in [3.8, 4) is 0 Å². The summed E-state index contributed by atoms with van der Waals surface area (Å²) in [6.07, 6.45) is 3.33. The molecule has 0 bridgehead atoms. The van der Waals surface area contributed by atoms with Crippen LogP contribution < -0.4 is 4.90 Å². The van der Waals surface area contributed by atoms with Crippen LogP contribution in [0.25, 0.3) is 5.65 Å². The fourth-order valence-corrected chi connectivity index (χ4v) is 2.83. The van der Waals surface area contributed by atoms with Crippen LogP contribution in [0.15, 0.2) is 42.9 Å². The van der Waals surface area contributed by atoms with Crippen LogP contribution in [-0.4, -0.2) is 56.8 Å². The SMILES string of the molecule is O=C(c1ccc(F)cc1)N1CCN(c2cnn3cnnc3c2)CC1. The number of piperazine rings is 1. The number of hydrogen-bond donors (Lipinski definition) is 0. The zero-order valence-electron chi connectivity index (χ0n) is 12.8. The van der Waals surface area contributed by atoms with Crippen molar-refractivity contribution in [2.45, 2.75) is 0 Å². The van der Waals surface area contributed by atoms with Gasteiger partial charge in [-0.1, -0.05) is 0 Å². The van der Waals surface area contributed by atoms with Crippen LogP contribution in [0.1, 0.15) is 10.4 Å². The second-order valence-corrected chi connectivity index (χ2v) is 5.63. The van der Waals surface area contributed by atoms with E-state index in [-0.39, 0.29) is 11.7 Å². The van der Waals surface area contributed by atoms with E-state index in [1.807, 2.05) is 6.07 Å². The highest BCUT2D eigenvalue weighted by Crippen LogP contribution is 2.17. The number of benzene rings is 1. The van der Waals surface area contributed by atoms with Crippen molar-refractivity contribution >= 4 is 17.2 Å². The Bertz CT molecular complexity index is 870. The predicted octanol–water partition coefficient (Wildman–Crippen LogP) is 1.23. The van der Waals surface area contributed by atoms with E-state index in [1.54, 1.807) is 21.9 Å². The summed E-state index contributed by atoms with van der Waals surface area (Å²) in [6.45, 7) is 2.63. The molecular weight excluding hydrogens is 311 g/mol. The summed E-state index contributed by atoms with van der Waals surface area (Å²) in [5.74, 6) is -0.409. The van der Waals surface area contributed by atoms with Crippen molar-refractivity contribution in [2.24, 2.45) is 0 Å². The van der Waals surface area contributed by atoms with Crippen molar-refractivity contribution in [1.82, 2.24) is 24.7 Å². The molecule has 8 heteroatoms. The maximum absolute atomic E-state index is 13.0. The fraction of sp³-hybridized carbons (Fsp3) is 0.250. The van der Waals surface area contributed by atoms with Gasteiger partial charge in [-0.05, 0) is 24.3 Å². The first-order valence-electron chi connectivity index (χ1n) is 7.66. The number of nitrogens with zero attached hydrogens (tertiary/aromatic N) is 6. The van der Waals surface area contributed by atoms with Gasteiger partial charge in [-0.15, -0.1) is 10.2 Å². The molecule has 0 spiro atoms. The maximum Gasteiger partial charge on any atom is 0.253 e. The molecule has 24 heavy (non-hydrogen) atoms. The molecule has 122 valence electrons. The number of anilines is 1. The summed E-state index contributed by atoms with van der Waals surface area (Å²) in [7, 11) is 0. The van der Waals surface area contributed by atoms with E-state index in [9.17, 15) is 9.18 Å². The van der Waals surface area contributed by atoms with E-state index in [1.165, 1.54) is 24.3 Å². The molecule has 1 aromatic carbocycles. The molecule has 4 rings (SSSR count). The lowest BCUT2D eigenvalue weighted by atomic mass is 10.1. The number of fused-ring (bicyclic) bond motifs is 1. The first-order chi connectivity index (χ1) is 11.7. The first kappa shape index (κ1) is 14.6. The van der Waals surface area contributed by atoms with Gasteiger partial charge in [0.15, 0.2) is 5.65 Å². The summed E-state index contributed by atoms with van der Waals surface area (Å²) in [5.41, 5.74) is 2.16. The second kappa shape index (κ2) is 5.88. The van der Waals surface area contributed by atoms with Crippen molar-refractivity contribution < 1.29 is 9.18 Å². The molecule has 0 saturated carbocycles. The third-order valence-corrected chi connectivity index (χ3v) is 4.17. The Morgan fingerprint density at radius 3 is 2.58 bits per heavy atom. The standard InChI is InChI=1S/C16H15FN6O/c17-13-3-1-12(2-4-13)16(24)22-7-5-21(6-8-22)14-9-15-20-18-11-23(15)19-10-14/h1-4,9-11H,5-8H2. The van der Waals surface area contributed by atoms with E-state index < -0.39 is 0 Å².